The summed E-state index contributed by atoms with van der Waals surface area (Å²) in [5.74, 6) is 0. The Balaban J connectivity index is 1.97. The molecule has 0 heterocycles. The van der Waals surface area contributed by atoms with Gasteiger partial charge >= 0.3 is 0 Å². The molecular formula is C27H19N. The van der Waals surface area contributed by atoms with E-state index in [0.29, 0.717) is 0 Å². The minimum Gasteiger partial charge on any atom is -0.298 e. The van der Waals surface area contributed by atoms with E-state index in [9.17, 15) is 0 Å². The minimum atomic E-state index is -0.798. The Kier molecular flexibility index (Phi) is 3.67. The van der Waals surface area contributed by atoms with E-state index in [1.54, 1.807) is 0 Å². The number of benzene rings is 4. The van der Waals surface area contributed by atoms with Gasteiger partial charge in [0.05, 0.1) is 0 Å². The highest BCUT2D eigenvalue weighted by Gasteiger charge is 2.72. The molecule has 1 aliphatic rings. The fourth-order valence-electron chi connectivity index (χ4n) is 4.99. The predicted octanol–water partition coefficient (Wildman–Crippen LogP) is 6.20. The Morgan fingerprint density at radius 2 is 0.857 bits per heavy atom. The van der Waals surface area contributed by atoms with Crippen molar-refractivity contribution in [2.24, 2.45) is 0 Å². The summed E-state index contributed by atoms with van der Waals surface area (Å²) in [5, 5.41) is 0. The zero-order valence-electron chi connectivity index (χ0n) is 15.4. The highest BCUT2D eigenvalue weighted by molar-refractivity contribution is 5.74. The monoisotopic (exact) mass is 357 g/mol. The van der Waals surface area contributed by atoms with Crippen molar-refractivity contribution in [2.45, 2.75) is 11.0 Å². The molecule has 0 fully saturated rings. The summed E-state index contributed by atoms with van der Waals surface area (Å²) < 4.78 is 0. The predicted molar refractivity (Wildman–Crippen MR) is 113 cm³/mol. The molecule has 0 spiro atoms. The summed E-state index contributed by atoms with van der Waals surface area (Å²) in [4.78, 5) is 4.39. The van der Waals surface area contributed by atoms with Crippen molar-refractivity contribution >= 4 is 0 Å². The molecule has 1 nitrogen and oxygen atoms in total. The Morgan fingerprint density at radius 1 is 0.464 bits per heavy atom. The van der Waals surface area contributed by atoms with Crippen molar-refractivity contribution in [1.29, 1.82) is 0 Å². The molecule has 132 valence electrons. The first-order valence-electron chi connectivity index (χ1n) is 9.51. The summed E-state index contributed by atoms with van der Waals surface area (Å²) in [6.45, 7) is 8.46. The van der Waals surface area contributed by atoms with Crippen LogP contribution in [0.2, 0.25) is 0 Å². The van der Waals surface area contributed by atoms with Gasteiger partial charge in [-0.1, -0.05) is 115 Å². The number of rotatable bonds is 3. The van der Waals surface area contributed by atoms with E-state index in [2.05, 4.69) is 83.7 Å². The largest absolute Gasteiger partial charge is 0.300 e. The van der Waals surface area contributed by atoms with Crippen molar-refractivity contribution in [2.75, 3.05) is 0 Å². The maximum absolute atomic E-state index is 8.46. The smallest absolute Gasteiger partial charge is 0.298 e. The van der Waals surface area contributed by atoms with Gasteiger partial charge in [0.1, 0.15) is 5.41 Å². The van der Waals surface area contributed by atoms with Crippen molar-refractivity contribution < 1.29 is 0 Å². The Hall–Kier alpha value is -3.63. The van der Waals surface area contributed by atoms with Crippen LogP contribution in [0.3, 0.4) is 0 Å². The van der Waals surface area contributed by atoms with Gasteiger partial charge in [0.15, 0.2) is 0 Å². The second kappa shape index (κ2) is 6.22. The van der Waals surface area contributed by atoms with Crippen molar-refractivity contribution in [3.63, 3.8) is 0 Å². The Labute approximate surface area is 165 Å². The topological polar surface area (TPSA) is 4.36 Å². The van der Waals surface area contributed by atoms with Gasteiger partial charge in [-0.05, 0) is 16.7 Å². The van der Waals surface area contributed by atoms with Crippen molar-refractivity contribution in [1.82, 2.24) is 0 Å². The lowest BCUT2D eigenvalue weighted by Gasteiger charge is -2.53. The summed E-state index contributed by atoms with van der Waals surface area (Å²) in [5.41, 5.74) is 4.31. The lowest BCUT2D eigenvalue weighted by atomic mass is 9.44. The molecule has 1 heteroatoms. The van der Waals surface area contributed by atoms with E-state index in [0.717, 1.165) is 22.3 Å². The van der Waals surface area contributed by atoms with Crippen LogP contribution in [0.4, 0.5) is 0 Å². The van der Waals surface area contributed by atoms with Crippen LogP contribution >= 0.6 is 0 Å². The highest BCUT2D eigenvalue weighted by Crippen LogP contribution is 2.66. The van der Waals surface area contributed by atoms with Crippen LogP contribution in [0.15, 0.2) is 115 Å². The first-order chi connectivity index (χ1) is 13.9. The first-order valence-corrected chi connectivity index (χ1v) is 9.51. The van der Waals surface area contributed by atoms with Gasteiger partial charge in [-0.3, -0.25) is 4.85 Å². The fourth-order valence-corrected chi connectivity index (χ4v) is 4.99. The van der Waals surface area contributed by atoms with Crippen LogP contribution in [0.25, 0.3) is 4.85 Å². The van der Waals surface area contributed by atoms with Gasteiger partial charge in [-0.15, -0.1) is 0 Å². The van der Waals surface area contributed by atoms with Crippen molar-refractivity contribution in [3.05, 3.63) is 154 Å². The van der Waals surface area contributed by atoms with E-state index in [-0.39, 0.29) is 0 Å². The van der Waals surface area contributed by atoms with Crippen LogP contribution in [0.5, 0.6) is 0 Å². The molecule has 1 aliphatic carbocycles. The number of hydrogen-bond donors (Lipinski definition) is 0. The Morgan fingerprint density at radius 3 is 1.32 bits per heavy atom. The van der Waals surface area contributed by atoms with Gasteiger partial charge in [0, 0.05) is 11.1 Å². The third kappa shape index (κ3) is 1.90. The van der Waals surface area contributed by atoms with Gasteiger partial charge < -0.3 is 0 Å². The van der Waals surface area contributed by atoms with Gasteiger partial charge in [-0.25, -0.2) is 6.57 Å². The Bertz CT molecular complexity index is 1120. The summed E-state index contributed by atoms with van der Waals surface area (Å²) >= 11 is 0. The van der Waals surface area contributed by atoms with E-state index >= 15 is 0 Å². The molecule has 1 unspecified atom stereocenters. The molecule has 0 aliphatic heterocycles. The summed E-state index contributed by atoms with van der Waals surface area (Å²) in [7, 11) is 0. The van der Waals surface area contributed by atoms with E-state index in [4.69, 9.17) is 6.57 Å². The summed E-state index contributed by atoms with van der Waals surface area (Å²) in [6.07, 6.45) is 0. The second-order valence-electron chi connectivity index (χ2n) is 7.22. The molecule has 0 saturated heterocycles. The van der Waals surface area contributed by atoms with Crippen LogP contribution in [-0.4, -0.2) is 0 Å². The zero-order valence-corrected chi connectivity index (χ0v) is 15.4. The molecule has 0 N–H and O–H groups in total. The van der Waals surface area contributed by atoms with E-state index in [1.807, 2.05) is 36.4 Å². The first kappa shape index (κ1) is 16.5. The molecule has 0 radical (unpaired) electrons. The molecule has 0 bridgehead atoms. The van der Waals surface area contributed by atoms with Gasteiger partial charge in [0.2, 0.25) is 0 Å². The molecule has 4 aromatic carbocycles. The number of nitrogens with zero attached hydrogens (tertiary/aromatic N) is 1. The molecule has 1 atom stereocenters. The molecule has 5 rings (SSSR count). The quantitative estimate of drug-likeness (QED) is 0.385. The highest BCUT2D eigenvalue weighted by atomic mass is 14.9. The van der Waals surface area contributed by atoms with Crippen LogP contribution in [0, 0.1) is 6.57 Å². The zero-order chi connectivity index (χ0) is 19.0. The lowest BCUT2D eigenvalue weighted by molar-refractivity contribution is 0.361. The average molecular weight is 357 g/mol. The molecule has 0 aromatic heterocycles. The minimum absolute atomic E-state index is 0.546. The van der Waals surface area contributed by atoms with Gasteiger partial charge in [0.25, 0.3) is 5.54 Å². The summed E-state index contributed by atoms with van der Waals surface area (Å²) in [6, 6.07) is 39.7. The SMILES string of the molecule is [C-]#[N+]C1(c2ccccc2)c2ccccc2C1(c1ccccc1)c1ccccc1. The average Bonchev–Trinajstić information content (AvgIpc) is 2.78. The van der Waals surface area contributed by atoms with Gasteiger partial charge in [-0.2, -0.15) is 0 Å². The third-order valence-corrected chi connectivity index (χ3v) is 6.04. The van der Waals surface area contributed by atoms with Crippen LogP contribution < -0.4 is 0 Å². The van der Waals surface area contributed by atoms with E-state index < -0.39 is 11.0 Å². The standard InChI is InChI=1S/C27H19N/c1-28-27(23-17-9-4-10-18-23)25-20-12-11-19-24(25)26(27,21-13-5-2-6-14-21)22-15-7-3-8-16-22/h2-20H. The molecule has 28 heavy (non-hydrogen) atoms. The molecule has 0 saturated carbocycles. The van der Waals surface area contributed by atoms with Crippen LogP contribution in [-0.2, 0) is 11.0 Å². The van der Waals surface area contributed by atoms with Crippen molar-refractivity contribution in [3.8, 4) is 0 Å². The molecular weight excluding hydrogens is 338 g/mol. The normalized spacial score (nSPS) is 19.1. The molecule has 0 amide bonds. The number of fused-ring (bicyclic) bond motifs is 1. The van der Waals surface area contributed by atoms with E-state index in [1.165, 1.54) is 5.56 Å². The molecule has 4 aromatic rings. The number of hydrogen-bond acceptors (Lipinski definition) is 0. The maximum Gasteiger partial charge on any atom is 0.300 e. The van der Waals surface area contributed by atoms with Crippen LogP contribution in [0.1, 0.15) is 27.8 Å². The third-order valence-electron chi connectivity index (χ3n) is 6.04. The maximum atomic E-state index is 8.46. The lowest BCUT2D eigenvalue weighted by Crippen LogP contribution is -2.58. The second-order valence-corrected chi connectivity index (χ2v) is 7.22. The fraction of sp³-hybridized carbons (Fsp3) is 0.0741.